The molecule has 102 valence electrons. The van der Waals surface area contributed by atoms with Crippen LogP contribution in [0.2, 0.25) is 0 Å². The molecule has 20 heavy (non-hydrogen) atoms. The number of pyridine rings is 1. The van der Waals surface area contributed by atoms with Crippen molar-refractivity contribution >= 4 is 26.7 Å². The summed E-state index contributed by atoms with van der Waals surface area (Å²) in [5.74, 6) is 0. The summed E-state index contributed by atoms with van der Waals surface area (Å²) in [6, 6.07) is 11.6. The van der Waals surface area contributed by atoms with Gasteiger partial charge in [-0.05, 0) is 31.2 Å². The Bertz CT molecular complexity index is 883. The molecule has 0 radical (unpaired) electrons. The van der Waals surface area contributed by atoms with Crippen LogP contribution in [0, 0.1) is 6.92 Å². The van der Waals surface area contributed by atoms with Gasteiger partial charge in [0.15, 0.2) is 5.65 Å². The predicted octanol–water partition coefficient (Wildman–Crippen LogP) is 2.16. The first-order valence-corrected chi connectivity index (χ1v) is 7.49. The first-order chi connectivity index (χ1) is 9.50. The molecule has 0 saturated heterocycles. The highest BCUT2D eigenvalue weighted by atomic mass is 32.2. The van der Waals surface area contributed by atoms with Crippen LogP contribution in [-0.4, -0.2) is 17.4 Å². The number of nitrogen functional groups attached to an aromatic ring is 1. The summed E-state index contributed by atoms with van der Waals surface area (Å²) in [7, 11) is -3.66. The largest absolute Gasteiger partial charge is 0.398 e. The van der Waals surface area contributed by atoms with Gasteiger partial charge in [0.25, 0.3) is 10.0 Å². The number of benzene rings is 1. The van der Waals surface area contributed by atoms with Crippen LogP contribution in [0.4, 0.5) is 5.69 Å². The van der Waals surface area contributed by atoms with Gasteiger partial charge in [0, 0.05) is 23.0 Å². The van der Waals surface area contributed by atoms with E-state index in [0.717, 1.165) is 0 Å². The van der Waals surface area contributed by atoms with E-state index in [1.807, 2.05) is 0 Å². The van der Waals surface area contributed by atoms with E-state index in [1.165, 1.54) is 10.2 Å². The van der Waals surface area contributed by atoms with Crippen LogP contribution in [0.1, 0.15) is 5.69 Å². The van der Waals surface area contributed by atoms with Crippen molar-refractivity contribution in [3.63, 3.8) is 0 Å². The van der Waals surface area contributed by atoms with E-state index >= 15 is 0 Å². The summed E-state index contributed by atoms with van der Waals surface area (Å²) in [5.41, 5.74) is 7.46. The number of nitrogens with two attached hydrogens (primary N) is 1. The molecule has 0 atom stereocenters. The topological polar surface area (TPSA) is 78.0 Å². The summed E-state index contributed by atoms with van der Waals surface area (Å²) < 4.78 is 26.4. The van der Waals surface area contributed by atoms with E-state index in [1.54, 1.807) is 49.4 Å². The molecule has 0 bridgehead atoms. The molecule has 0 aliphatic rings. The lowest BCUT2D eigenvalue weighted by Crippen LogP contribution is -2.12. The third kappa shape index (κ3) is 1.85. The third-order valence-electron chi connectivity index (χ3n) is 3.08. The molecule has 0 saturated carbocycles. The van der Waals surface area contributed by atoms with Crippen LogP contribution >= 0.6 is 0 Å². The first-order valence-electron chi connectivity index (χ1n) is 6.05. The third-order valence-corrected chi connectivity index (χ3v) is 4.76. The van der Waals surface area contributed by atoms with Gasteiger partial charge in [0.2, 0.25) is 0 Å². The molecule has 1 aromatic carbocycles. The molecule has 3 aromatic rings. The number of fused-ring (bicyclic) bond motifs is 1. The molecule has 3 rings (SSSR count). The Hall–Kier alpha value is -2.34. The number of anilines is 1. The minimum atomic E-state index is -3.66. The van der Waals surface area contributed by atoms with Crippen molar-refractivity contribution < 1.29 is 8.42 Å². The Labute approximate surface area is 116 Å². The van der Waals surface area contributed by atoms with Gasteiger partial charge in [-0.2, -0.15) is 0 Å². The fraction of sp³-hybridized carbons (Fsp3) is 0.0714. The highest BCUT2D eigenvalue weighted by molar-refractivity contribution is 7.90. The standard InChI is InChI=1S/C14H13N3O2S/c1-10-9-13(15)12-7-8-17(14(12)16-10)20(18,19)11-5-3-2-4-6-11/h2-9H,1H3,(H2,15,16). The second kappa shape index (κ2) is 4.35. The molecular formula is C14H13N3O2S. The van der Waals surface area contributed by atoms with E-state index in [2.05, 4.69) is 4.98 Å². The number of aromatic nitrogens is 2. The number of hydrogen-bond donors (Lipinski definition) is 1. The van der Waals surface area contributed by atoms with E-state index < -0.39 is 10.0 Å². The van der Waals surface area contributed by atoms with Crippen molar-refractivity contribution in [2.75, 3.05) is 5.73 Å². The van der Waals surface area contributed by atoms with Gasteiger partial charge in [-0.15, -0.1) is 0 Å². The molecule has 2 aromatic heterocycles. The quantitative estimate of drug-likeness (QED) is 0.783. The molecule has 6 heteroatoms. The van der Waals surface area contributed by atoms with Crippen LogP contribution < -0.4 is 5.73 Å². The highest BCUT2D eigenvalue weighted by Gasteiger charge is 2.20. The second-order valence-corrected chi connectivity index (χ2v) is 6.33. The lowest BCUT2D eigenvalue weighted by molar-refractivity contribution is 0.589. The van der Waals surface area contributed by atoms with Gasteiger partial charge in [-0.1, -0.05) is 18.2 Å². The zero-order chi connectivity index (χ0) is 14.3. The molecule has 0 unspecified atom stereocenters. The van der Waals surface area contributed by atoms with Gasteiger partial charge >= 0.3 is 0 Å². The molecule has 0 fully saturated rings. The monoisotopic (exact) mass is 287 g/mol. The fourth-order valence-corrected chi connectivity index (χ4v) is 3.46. The molecule has 0 aliphatic heterocycles. The number of aryl methyl sites for hydroxylation is 1. The van der Waals surface area contributed by atoms with E-state index in [4.69, 9.17) is 5.73 Å². The number of nitrogens with zero attached hydrogens (tertiary/aromatic N) is 2. The normalized spacial score (nSPS) is 11.8. The minimum absolute atomic E-state index is 0.222. The molecule has 0 amide bonds. The van der Waals surface area contributed by atoms with Gasteiger partial charge < -0.3 is 5.73 Å². The van der Waals surface area contributed by atoms with Crippen molar-refractivity contribution in [3.05, 3.63) is 54.4 Å². The van der Waals surface area contributed by atoms with Crippen molar-refractivity contribution in [2.24, 2.45) is 0 Å². The Morgan fingerprint density at radius 1 is 1.15 bits per heavy atom. The summed E-state index contributed by atoms with van der Waals surface area (Å²) in [6.45, 7) is 1.78. The lowest BCUT2D eigenvalue weighted by Gasteiger charge is -2.07. The maximum Gasteiger partial charge on any atom is 0.269 e. The molecule has 0 spiro atoms. The Morgan fingerprint density at radius 3 is 2.55 bits per heavy atom. The lowest BCUT2D eigenvalue weighted by atomic mass is 10.2. The second-order valence-electron chi connectivity index (χ2n) is 4.52. The average Bonchev–Trinajstić information content (AvgIpc) is 2.84. The average molecular weight is 287 g/mol. The zero-order valence-electron chi connectivity index (χ0n) is 10.8. The molecule has 0 aliphatic carbocycles. The molecule has 2 N–H and O–H groups in total. The van der Waals surface area contributed by atoms with Crippen LogP contribution in [0.5, 0.6) is 0 Å². The van der Waals surface area contributed by atoms with Crippen molar-refractivity contribution in [2.45, 2.75) is 11.8 Å². The Kier molecular flexibility index (Phi) is 2.76. The minimum Gasteiger partial charge on any atom is -0.398 e. The SMILES string of the molecule is Cc1cc(N)c2ccn(S(=O)(=O)c3ccccc3)c2n1. The molecule has 5 nitrogen and oxygen atoms in total. The smallest absolute Gasteiger partial charge is 0.269 e. The summed E-state index contributed by atoms with van der Waals surface area (Å²) >= 11 is 0. The van der Waals surface area contributed by atoms with Crippen molar-refractivity contribution in [1.82, 2.24) is 8.96 Å². The summed E-state index contributed by atoms with van der Waals surface area (Å²) in [6.07, 6.45) is 1.48. The van der Waals surface area contributed by atoms with Gasteiger partial charge in [-0.3, -0.25) is 0 Å². The fourth-order valence-electron chi connectivity index (χ4n) is 2.14. The molecule has 2 heterocycles. The molecular weight excluding hydrogens is 274 g/mol. The van der Waals surface area contributed by atoms with Crippen molar-refractivity contribution in [1.29, 1.82) is 0 Å². The van der Waals surface area contributed by atoms with Crippen LogP contribution in [0.15, 0.2) is 53.6 Å². The van der Waals surface area contributed by atoms with Gasteiger partial charge in [0.05, 0.1) is 4.90 Å². The van der Waals surface area contributed by atoms with Crippen LogP contribution in [-0.2, 0) is 10.0 Å². The van der Waals surface area contributed by atoms with Gasteiger partial charge in [0.1, 0.15) is 0 Å². The highest BCUT2D eigenvalue weighted by Crippen LogP contribution is 2.25. The predicted molar refractivity (Wildman–Crippen MR) is 77.9 cm³/mol. The first kappa shape index (κ1) is 12.7. The van der Waals surface area contributed by atoms with Crippen LogP contribution in [0.25, 0.3) is 11.0 Å². The van der Waals surface area contributed by atoms with E-state index in [-0.39, 0.29) is 4.90 Å². The van der Waals surface area contributed by atoms with E-state index in [0.29, 0.717) is 22.4 Å². The maximum atomic E-state index is 12.6. The summed E-state index contributed by atoms with van der Waals surface area (Å²) in [5, 5.41) is 0.634. The number of hydrogen-bond acceptors (Lipinski definition) is 4. The van der Waals surface area contributed by atoms with Crippen LogP contribution in [0.3, 0.4) is 0 Å². The Balaban J connectivity index is 2.31. The maximum absolute atomic E-state index is 12.6. The van der Waals surface area contributed by atoms with E-state index in [9.17, 15) is 8.42 Å². The number of rotatable bonds is 2. The van der Waals surface area contributed by atoms with Crippen molar-refractivity contribution in [3.8, 4) is 0 Å². The van der Waals surface area contributed by atoms with Gasteiger partial charge in [-0.25, -0.2) is 17.4 Å². The zero-order valence-corrected chi connectivity index (χ0v) is 11.6. The summed E-state index contributed by atoms with van der Waals surface area (Å²) in [4.78, 5) is 4.51. The Morgan fingerprint density at radius 2 is 1.85 bits per heavy atom.